The van der Waals surface area contributed by atoms with E-state index in [1.165, 1.54) is 0 Å². The standard InChI is InChI=1S/C29H33FN6O2S.3H2/c1-18(2)26-12-21(11-22-14-32-29(35-28(22)26)34-24-13-23(30)15-31-16-24)25-9-10-27(33-19(25)3)36-39(37,38)17-20-7-5-4-6-8-20;;;/h4-12,14,18,23-24,31H,13,15-17H2,1-3H3,(H,33,36)(H,32,34,35);3*1H/t23-,24-;;;/m0.../s1. The van der Waals surface area contributed by atoms with Gasteiger partial charge in [-0.25, -0.2) is 27.8 Å². The molecule has 0 saturated carbocycles. The predicted molar refractivity (Wildman–Crippen MR) is 160 cm³/mol. The van der Waals surface area contributed by atoms with E-state index in [4.69, 9.17) is 4.98 Å². The number of sulfonamides is 1. The molecule has 0 bridgehead atoms. The third-order valence-corrected chi connectivity index (χ3v) is 8.05. The zero-order valence-electron chi connectivity index (χ0n) is 22.3. The second-order valence-corrected chi connectivity index (χ2v) is 12.1. The van der Waals surface area contributed by atoms with Crippen molar-refractivity contribution in [1.29, 1.82) is 0 Å². The van der Waals surface area contributed by atoms with Crippen LogP contribution in [0.1, 0.15) is 47.3 Å². The number of rotatable bonds is 8. The lowest BCUT2D eigenvalue weighted by atomic mass is 9.94. The molecule has 8 nitrogen and oxygen atoms in total. The molecule has 1 fully saturated rings. The Hall–Kier alpha value is -3.63. The number of nitrogens with one attached hydrogen (secondary N) is 3. The van der Waals surface area contributed by atoms with E-state index < -0.39 is 16.2 Å². The van der Waals surface area contributed by atoms with Gasteiger partial charge in [0.25, 0.3) is 0 Å². The molecule has 2 aromatic heterocycles. The summed E-state index contributed by atoms with van der Waals surface area (Å²) in [6, 6.07) is 16.7. The largest absolute Gasteiger partial charge is 0.350 e. The minimum absolute atomic E-state index is 0. The fourth-order valence-electron chi connectivity index (χ4n) is 4.93. The molecule has 10 heteroatoms. The molecule has 3 N–H and O–H groups in total. The number of aryl methyl sites for hydroxylation is 1. The Bertz CT molecular complexity index is 1600. The van der Waals surface area contributed by atoms with Gasteiger partial charge in [-0.15, -0.1) is 0 Å². The number of aromatic nitrogens is 3. The van der Waals surface area contributed by atoms with Gasteiger partial charge in [-0.05, 0) is 53.8 Å². The summed E-state index contributed by atoms with van der Waals surface area (Å²) >= 11 is 0. The maximum atomic E-state index is 13.8. The van der Waals surface area contributed by atoms with Crippen molar-refractivity contribution in [2.75, 3.05) is 23.1 Å². The lowest BCUT2D eigenvalue weighted by Crippen LogP contribution is -2.44. The number of fused-ring (bicyclic) bond motifs is 1. The average molecular weight is 555 g/mol. The normalized spacial score (nSPS) is 17.9. The van der Waals surface area contributed by atoms with Crippen molar-refractivity contribution >= 4 is 32.7 Å². The van der Waals surface area contributed by atoms with Crippen molar-refractivity contribution in [3.63, 3.8) is 0 Å². The van der Waals surface area contributed by atoms with Gasteiger partial charge in [-0.1, -0.05) is 44.2 Å². The molecule has 1 aliphatic rings. The highest BCUT2D eigenvalue weighted by Crippen LogP contribution is 2.33. The fourth-order valence-corrected chi connectivity index (χ4v) is 6.07. The molecule has 39 heavy (non-hydrogen) atoms. The van der Waals surface area contributed by atoms with Gasteiger partial charge < -0.3 is 10.6 Å². The Balaban J connectivity index is 0.00000205. The number of halogens is 1. The summed E-state index contributed by atoms with van der Waals surface area (Å²) in [5, 5.41) is 7.25. The molecule has 0 spiro atoms. The maximum Gasteiger partial charge on any atom is 0.238 e. The van der Waals surface area contributed by atoms with Crippen LogP contribution in [-0.4, -0.2) is 48.7 Å². The molecule has 2 atom stereocenters. The highest BCUT2D eigenvalue weighted by molar-refractivity contribution is 7.91. The molecule has 0 amide bonds. The van der Waals surface area contributed by atoms with E-state index in [9.17, 15) is 12.8 Å². The summed E-state index contributed by atoms with van der Waals surface area (Å²) in [4.78, 5) is 13.9. The Morgan fingerprint density at radius 2 is 1.90 bits per heavy atom. The molecular weight excluding hydrogens is 515 g/mol. The number of alkyl halides is 1. The van der Waals surface area contributed by atoms with Gasteiger partial charge in [-0.2, -0.15) is 0 Å². The number of pyridine rings is 1. The number of anilines is 2. The van der Waals surface area contributed by atoms with E-state index in [0.29, 0.717) is 36.7 Å². The Labute approximate surface area is 233 Å². The summed E-state index contributed by atoms with van der Waals surface area (Å²) in [6.45, 7) is 7.14. The highest BCUT2D eigenvalue weighted by atomic mass is 32.2. The molecule has 2 aromatic carbocycles. The van der Waals surface area contributed by atoms with Crippen LogP contribution in [-0.2, 0) is 15.8 Å². The summed E-state index contributed by atoms with van der Waals surface area (Å²) in [5.41, 5.74) is 5.17. The molecule has 1 saturated heterocycles. The first-order valence-corrected chi connectivity index (χ1v) is 14.8. The van der Waals surface area contributed by atoms with Gasteiger partial charge in [0.1, 0.15) is 12.0 Å². The fraction of sp³-hybridized carbons (Fsp3) is 0.345. The summed E-state index contributed by atoms with van der Waals surface area (Å²) in [6.07, 6.45) is 1.33. The summed E-state index contributed by atoms with van der Waals surface area (Å²) in [7, 11) is -3.61. The van der Waals surface area contributed by atoms with Gasteiger partial charge in [0, 0.05) is 52.7 Å². The van der Waals surface area contributed by atoms with Crippen LogP contribution in [0.4, 0.5) is 16.2 Å². The lowest BCUT2D eigenvalue weighted by molar-refractivity contribution is 0.254. The van der Waals surface area contributed by atoms with Gasteiger partial charge in [0.05, 0.1) is 11.3 Å². The first-order valence-electron chi connectivity index (χ1n) is 13.1. The first-order chi connectivity index (χ1) is 18.7. The minimum atomic E-state index is -3.61. The Morgan fingerprint density at radius 3 is 2.62 bits per heavy atom. The van der Waals surface area contributed by atoms with Crippen LogP contribution < -0.4 is 15.4 Å². The smallest absolute Gasteiger partial charge is 0.238 e. The van der Waals surface area contributed by atoms with Crippen LogP contribution in [0.25, 0.3) is 22.0 Å². The molecule has 0 radical (unpaired) electrons. The number of benzene rings is 2. The predicted octanol–water partition coefficient (Wildman–Crippen LogP) is 5.92. The Morgan fingerprint density at radius 1 is 1.10 bits per heavy atom. The highest BCUT2D eigenvalue weighted by Gasteiger charge is 2.22. The van der Waals surface area contributed by atoms with Crippen molar-refractivity contribution in [3.05, 3.63) is 77.6 Å². The Kier molecular flexibility index (Phi) is 7.76. The summed E-state index contributed by atoms with van der Waals surface area (Å²) < 4.78 is 41.8. The molecular formula is C29H39FN6O2S. The number of hydrogen-bond acceptors (Lipinski definition) is 7. The van der Waals surface area contributed by atoms with Gasteiger partial charge in [-0.3, -0.25) is 4.72 Å². The third kappa shape index (κ3) is 6.51. The van der Waals surface area contributed by atoms with E-state index in [0.717, 1.165) is 27.6 Å². The molecule has 5 rings (SSSR count). The average Bonchev–Trinajstić information content (AvgIpc) is 2.88. The van der Waals surface area contributed by atoms with Crippen LogP contribution >= 0.6 is 0 Å². The van der Waals surface area contributed by atoms with Crippen molar-refractivity contribution in [2.45, 2.75) is 51.1 Å². The van der Waals surface area contributed by atoms with Crippen LogP contribution in [0.15, 0.2) is 60.8 Å². The first kappa shape index (κ1) is 27.0. The van der Waals surface area contributed by atoms with Crippen molar-refractivity contribution in [2.24, 2.45) is 0 Å². The molecule has 3 heterocycles. The zero-order valence-corrected chi connectivity index (χ0v) is 23.1. The van der Waals surface area contributed by atoms with Gasteiger partial charge in [0.2, 0.25) is 16.0 Å². The molecule has 4 aromatic rings. The van der Waals surface area contributed by atoms with E-state index in [1.54, 1.807) is 24.4 Å². The van der Waals surface area contributed by atoms with Crippen molar-refractivity contribution in [3.8, 4) is 11.1 Å². The SMILES string of the molecule is Cc1nc(NS(=O)(=O)Cc2ccccc2)ccc1-c1cc(C(C)C)c2nc(N[C@@H]3CNC[C@@H](F)C3)ncc2c1.[HH].[HH].[HH]. The molecule has 0 unspecified atom stereocenters. The molecule has 210 valence electrons. The second-order valence-electron chi connectivity index (χ2n) is 10.4. The van der Waals surface area contributed by atoms with Crippen LogP contribution in [0.2, 0.25) is 0 Å². The van der Waals surface area contributed by atoms with Crippen LogP contribution in [0.5, 0.6) is 0 Å². The topological polar surface area (TPSA) is 109 Å². The van der Waals surface area contributed by atoms with E-state index in [2.05, 4.69) is 45.2 Å². The number of nitrogens with zero attached hydrogens (tertiary/aromatic N) is 3. The van der Waals surface area contributed by atoms with Crippen molar-refractivity contribution < 1.29 is 17.1 Å². The van der Waals surface area contributed by atoms with Crippen molar-refractivity contribution in [1.82, 2.24) is 20.3 Å². The minimum Gasteiger partial charge on any atom is -0.350 e. The number of hydrogen-bond donors (Lipinski definition) is 3. The zero-order chi connectivity index (χ0) is 27.6. The van der Waals surface area contributed by atoms with Gasteiger partial charge in [0.15, 0.2) is 0 Å². The van der Waals surface area contributed by atoms with E-state index >= 15 is 0 Å². The van der Waals surface area contributed by atoms with Gasteiger partial charge >= 0.3 is 0 Å². The molecule has 0 aliphatic carbocycles. The quantitative estimate of drug-likeness (QED) is 0.248. The maximum absolute atomic E-state index is 13.8. The van der Waals surface area contributed by atoms with E-state index in [-0.39, 0.29) is 27.8 Å². The monoisotopic (exact) mass is 554 g/mol. The van der Waals surface area contributed by atoms with E-state index in [1.807, 2.05) is 37.3 Å². The van der Waals surface area contributed by atoms with Crippen LogP contribution in [0.3, 0.4) is 0 Å². The number of piperidine rings is 1. The third-order valence-electron chi connectivity index (χ3n) is 6.82. The van der Waals surface area contributed by atoms with Crippen LogP contribution in [0, 0.1) is 6.92 Å². The molecule has 1 aliphatic heterocycles. The lowest BCUT2D eigenvalue weighted by Gasteiger charge is -2.26. The summed E-state index contributed by atoms with van der Waals surface area (Å²) in [5.74, 6) is 0.840. The second kappa shape index (κ2) is 11.2.